The van der Waals surface area contributed by atoms with Crippen LogP contribution < -0.4 is 16.8 Å². The maximum absolute atomic E-state index is 10.6. The van der Waals surface area contributed by atoms with Crippen LogP contribution in [0.2, 0.25) is 0 Å². The third-order valence-corrected chi connectivity index (χ3v) is 1.61. The second-order valence-corrected chi connectivity index (χ2v) is 2.89. The average Bonchev–Trinajstić information content (AvgIpc) is 1.82. The van der Waals surface area contributed by atoms with Gasteiger partial charge in [0.25, 0.3) is 4.99 Å². The van der Waals surface area contributed by atoms with E-state index in [1.165, 1.54) is 6.08 Å². The number of nitrogens with one attached hydrogen (secondary N) is 1. The zero-order chi connectivity index (χ0) is 9.35. The molecule has 1 rings (SSSR count). The smallest absolute Gasteiger partial charge is 0.363 e. The number of aliphatic imine (C=N–C) groups is 1. The summed E-state index contributed by atoms with van der Waals surface area (Å²) in [5.41, 5.74) is 10.6. The van der Waals surface area contributed by atoms with Gasteiger partial charge in [0.15, 0.2) is 0 Å². The molecule has 66 valence electrons. The van der Waals surface area contributed by atoms with E-state index in [9.17, 15) is 4.79 Å². The highest BCUT2D eigenvalue weighted by Crippen LogP contribution is 2.16. The van der Waals surface area contributed by atoms with Crippen molar-refractivity contribution in [3.63, 3.8) is 0 Å². The highest BCUT2D eigenvalue weighted by Gasteiger charge is 2.36. The molecule has 0 saturated carbocycles. The van der Waals surface area contributed by atoms with Crippen LogP contribution in [0.3, 0.4) is 0 Å². The Morgan fingerprint density at radius 3 is 2.75 bits per heavy atom. The molecule has 1 unspecified atom stereocenters. The maximum Gasteiger partial charge on any atom is 0.363 e. The Bertz CT molecular complexity index is 287. The summed E-state index contributed by atoms with van der Waals surface area (Å²) in [4.78, 5) is 12.4. The largest absolute Gasteiger partial charge is 0.477 e. The molecule has 1 atom stereocenters. The minimum absolute atomic E-state index is 0.0312. The monoisotopic (exact) mass is 188 g/mol. The molecule has 0 fully saturated rings. The molecule has 7 heteroatoms. The standard InChI is InChI=1S/C5H8N4O2S/c6-2-1-3(7)9-5(12,8-2)4(10)11/h1,8,12H,6H2,(H2,7,9)(H,10,11). The average molecular weight is 188 g/mol. The summed E-state index contributed by atoms with van der Waals surface area (Å²) in [6.07, 6.45) is 1.32. The number of nitrogens with two attached hydrogens (primary N) is 2. The molecule has 0 spiro atoms. The van der Waals surface area contributed by atoms with Crippen molar-refractivity contribution in [2.75, 3.05) is 0 Å². The van der Waals surface area contributed by atoms with Gasteiger partial charge in [0.05, 0.1) is 0 Å². The topological polar surface area (TPSA) is 114 Å². The van der Waals surface area contributed by atoms with E-state index in [0.29, 0.717) is 0 Å². The van der Waals surface area contributed by atoms with E-state index in [1.807, 2.05) is 0 Å². The Labute approximate surface area is 73.7 Å². The first-order valence-electron chi connectivity index (χ1n) is 3.00. The molecular formula is C5H8N4O2S. The minimum atomic E-state index is -1.75. The molecular weight excluding hydrogens is 180 g/mol. The van der Waals surface area contributed by atoms with Crippen LogP contribution in [0.4, 0.5) is 0 Å². The van der Waals surface area contributed by atoms with Crippen LogP contribution in [0.5, 0.6) is 0 Å². The molecule has 1 aliphatic rings. The van der Waals surface area contributed by atoms with E-state index in [2.05, 4.69) is 22.9 Å². The molecule has 0 aromatic heterocycles. The normalized spacial score (nSPS) is 28.4. The molecule has 0 aromatic carbocycles. The number of hydrogen-bond acceptors (Lipinski definition) is 6. The van der Waals surface area contributed by atoms with Crippen LogP contribution in [0.25, 0.3) is 0 Å². The summed E-state index contributed by atoms with van der Waals surface area (Å²) >= 11 is 3.76. The van der Waals surface area contributed by atoms with Gasteiger partial charge in [0, 0.05) is 6.08 Å². The van der Waals surface area contributed by atoms with Crippen LogP contribution in [0, 0.1) is 0 Å². The van der Waals surface area contributed by atoms with E-state index in [1.54, 1.807) is 0 Å². The van der Waals surface area contributed by atoms with Crippen molar-refractivity contribution in [3.8, 4) is 0 Å². The zero-order valence-corrected chi connectivity index (χ0v) is 6.88. The summed E-state index contributed by atoms with van der Waals surface area (Å²) in [5.74, 6) is -1.10. The highest BCUT2D eigenvalue weighted by molar-refractivity contribution is 7.82. The molecule has 0 aliphatic carbocycles. The maximum atomic E-state index is 10.6. The van der Waals surface area contributed by atoms with Crippen molar-refractivity contribution in [1.29, 1.82) is 0 Å². The summed E-state index contributed by atoms with van der Waals surface area (Å²) < 4.78 is 0. The van der Waals surface area contributed by atoms with Crippen LogP contribution in [-0.4, -0.2) is 21.9 Å². The van der Waals surface area contributed by atoms with Gasteiger partial charge in [-0.05, 0) is 0 Å². The number of hydrogen-bond donors (Lipinski definition) is 5. The quantitative estimate of drug-likeness (QED) is 0.318. The lowest BCUT2D eigenvalue weighted by Crippen LogP contribution is -2.50. The summed E-state index contributed by atoms with van der Waals surface area (Å²) in [6.45, 7) is 0. The van der Waals surface area contributed by atoms with E-state index in [4.69, 9.17) is 16.6 Å². The molecule has 0 saturated heterocycles. The lowest BCUT2D eigenvalue weighted by Gasteiger charge is -2.25. The van der Waals surface area contributed by atoms with Crippen LogP contribution in [-0.2, 0) is 4.79 Å². The number of carboxylic acid groups (broad SMARTS) is 1. The number of rotatable bonds is 1. The van der Waals surface area contributed by atoms with E-state index in [0.717, 1.165) is 0 Å². The van der Waals surface area contributed by atoms with Gasteiger partial charge in [-0.15, -0.1) is 12.6 Å². The minimum Gasteiger partial charge on any atom is -0.477 e. The fraction of sp³-hybridized carbons (Fsp3) is 0.200. The number of carbonyl (C=O) groups is 1. The van der Waals surface area contributed by atoms with E-state index >= 15 is 0 Å². The number of aliphatic carboxylic acids is 1. The van der Waals surface area contributed by atoms with Crippen molar-refractivity contribution in [2.45, 2.75) is 4.99 Å². The Hall–Kier alpha value is -1.37. The SMILES string of the molecule is NC1=CC(N)=NC(S)(C(=O)O)N1. The molecule has 0 aromatic rings. The molecule has 0 amide bonds. The molecule has 6 nitrogen and oxygen atoms in total. The predicted molar refractivity (Wildman–Crippen MR) is 46.4 cm³/mol. The van der Waals surface area contributed by atoms with Gasteiger partial charge in [-0.3, -0.25) is 0 Å². The van der Waals surface area contributed by atoms with Crippen molar-refractivity contribution in [2.24, 2.45) is 16.5 Å². The molecule has 0 radical (unpaired) electrons. The zero-order valence-electron chi connectivity index (χ0n) is 5.98. The summed E-state index contributed by atoms with van der Waals surface area (Å²) in [6, 6.07) is 0. The summed E-state index contributed by atoms with van der Waals surface area (Å²) in [5, 5.41) is 11.0. The lowest BCUT2D eigenvalue weighted by molar-refractivity contribution is -0.140. The third-order valence-electron chi connectivity index (χ3n) is 1.21. The molecule has 1 heterocycles. The predicted octanol–water partition coefficient (Wildman–Crippen LogP) is -1.58. The Morgan fingerprint density at radius 2 is 2.33 bits per heavy atom. The Balaban J connectivity index is 3.00. The number of carboxylic acids is 1. The van der Waals surface area contributed by atoms with Crippen LogP contribution in [0.15, 0.2) is 16.9 Å². The molecule has 1 aliphatic heterocycles. The second-order valence-electron chi connectivity index (χ2n) is 2.24. The van der Waals surface area contributed by atoms with Gasteiger partial charge < -0.3 is 21.9 Å². The Kier molecular flexibility index (Phi) is 1.89. The first-order chi connectivity index (χ1) is 5.44. The highest BCUT2D eigenvalue weighted by atomic mass is 32.1. The van der Waals surface area contributed by atoms with Crippen molar-refractivity contribution >= 4 is 24.4 Å². The van der Waals surface area contributed by atoms with Gasteiger partial charge in [-0.2, -0.15) is 0 Å². The van der Waals surface area contributed by atoms with Crippen molar-refractivity contribution < 1.29 is 9.90 Å². The van der Waals surface area contributed by atoms with Gasteiger partial charge >= 0.3 is 5.97 Å². The molecule has 0 bridgehead atoms. The first kappa shape index (κ1) is 8.72. The second kappa shape index (κ2) is 2.59. The summed E-state index contributed by atoms with van der Waals surface area (Å²) in [7, 11) is 0. The van der Waals surface area contributed by atoms with Gasteiger partial charge in [-0.1, -0.05) is 0 Å². The van der Waals surface area contributed by atoms with E-state index in [-0.39, 0.29) is 11.7 Å². The third kappa shape index (κ3) is 1.45. The van der Waals surface area contributed by atoms with Crippen molar-refractivity contribution in [3.05, 3.63) is 11.9 Å². The van der Waals surface area contributed by atoms with Crippen LogP contribution in [0.1, 0.15) is 0 Å². The lowest BCUT2D eigenvalue weighted by atomic mass is 10.3. The van der Waals surface area contributed by atoms with Gasteiger partial charge in [0.1, 0.15) is 11.7 Å². The first-order valence-corrected chi connectivity index (χ1v) is 3.45. The number of amidine groups is 1. The molecule has 6 N–H and O–H groups in total. The van der Waals surface area contributed by atoms with E-state index < -0.39 is 11.0 Å². The fourth-order valence-corrected chi connectivity index (χ4v) is 0.990. The fourth-order valence-electron chi connectivity index (χ4n) is 0.745. The Morgan fingerprint density at radius 1 is 1.75 bits per heavy atom. The number of nitrogens with zero attached hydrogens (tertiary/aromatic N) is 1. The molecule has 12 heavy (non-hydrogen) atoms. The van der Waals surface area contributed by atoms with Gasteiger partial charge in [-0.25, -0.2) is 9.79 Å². The van der Waals surface area contributed by atoms with Crippen molar-refractivity contribution in [1.82, 2.24) is 5.32 Å². The van der Waals surface area contributed by atoms with Gasteiger partial charge in [0.2, 0.25) is 0 Å². The number of thiol groups is 1. The van der Waals surface area contributed by atoms with Crippen LogP contribution >= 0.6 is 12.6 Å².